The molecule has 5 heterocycles. The van der Waals surface area contributed by atoms with E-state index in [0.29, 0.717) is 11.7 Å². The Bertz CT molecular complexity index is 3300. The number of benzene rings is 7. The number of para-hydroxylation sites is 2. The third-order valence-electron chi connectivity index (χ3n) is 10.4. The molecule has 0 spiro atoms. The highest BCUT2D eigenvalue weighted by Gasteiger charge is 2.27. The third-order valence-corrected chi connectivity index (χ3v) is 10.4. The Labute approximate surface area is 289 Å². The van der Waals surface area contributed by atoms with Crippen LogP contribution in [0.25, 0.3) is 105 Å². The van der Waals surface area contributed by atoms with Crippen LogP contribution in [0.4, 0.5) is 0 Å². The van der Waals surface area contributed by atoms with Gasteiger partial charge in [0, 0.05) is 38.9 Å². The first kappa shape index (κ1) is 26.9. The molecule has 1 aliphatic heterocycles. The van der Waals surface area contributed by atoms with Crippen LogP contribution in [0.5, 0.6) is 11.5 Å². The Hall–Kier alpha value is -7.05. The molecule has 0 atom stereocenters. The lowest BCUT2D eigenvalue weighted by Crippen LogP contribution is -2.04. The highest BCUT2D eigenvalue weighted by atomic mass is 16.5. The van der Waals surface area contributed by atoms with Gasteiger partial charge >= 0.3 is 0 Å². The molecule has 12 rings (SSSR count). The van der Waals surface area contributed by atoms with E-state index in [9.17, 15) is 0 Å². The van der Waals surface area contributed by atoms with Crippen LogP contribution in [0, 0.1) is 0 Å². The van der Waals surface area contributed by atoms with Gasteiger partial charge in [-0.25, -0.2) is 4.98 Å². The van der Waals surface area contributed by atoms with Gasteiger partial charge in [0.25, 0.3) is 0 Å². The zero-order valence-corrected chi connectivity index (χ0v) is 27.0. The van der Waals surface area contributed by atoms with Gasteiger partial charge in [-0.15, -0.1) is 0 Å². The Kier molecular flexibility index (Phi) is 5.14. The topological polar surface area (TPSA) is 66.0 Å². The standard InChI is InChI=1S/C45H24N4O2/c1-2-10-28-25(9-1)18-19-26-20-21-27(23-32(26)28)41-40-30-12-4-6-16-37(30)51-44(40)48-45(47-41)49-35-14-8-22-46-42(35)34-24-33-29-11-3-5-15-36(29)50-38-17-7-13-31(39(33)38)43(34)49/h1-24H. The lowest BCUT2D eigenvalue weighted by Gasteiger charge is -2.22. The van der Waals surface area contributed by atoms with Gasteiger partial charge in [0.15, 0.2) is 0 Å². The van der Waals surface area contributed by atoms with Gasteiger partial charge in [-0.2, -0.15) is 4.98 Å². The second-order valence-corrected chi connectivity index (χ2v) is 13.2. The molecule has 0 N–H and O–H groups in total. The number of rotatable bonds is 2. The van der Waals surface area contributed by atoms with Crippen LogP contribution in [0.1, 0.15) is 0 Å². The van der Waals surface area contributed by atoms with Gasteiger partial charge in [-0.1, -0.05) is 97.1 Å². The molecule has 11 aromatic rings. The largest absolute Gasteiger partial charge is 0.456 e. The van der Waals surface area contributed by atoms with Crippen molar-refractivity contribution in [3.63, 3.8) is 0 Å². The van der Waals surface area contributed by atoms with Gasteiger partial charge in [0.05, 0.1) is 27.6 Å². The van der Waals surface area contributed by atoms with E-state index < -0.39 is 0 Å². The molecule has 236 valence electrons. The van der Waals surface area contributed by atoms with E-state index in [1.807, 2.05) is 48.7 Å². The molecule has 6 nitrogen and oxygen atoms in total. The van der Waals surface area contributed by atoms with E-state index in [4.69, 9.17) is 24.1 Å². The molecule has 0 amide bonds. The fourth-order valence-corrected chi connectivity index (χ4v) is 8.23. The van der Waals surface area contributed by atoms with Crippen LogP contribution in [0.15, 0.2) is 150 Å². The van der Waals surface area contributed by atoms with E-state index in [1.165, 1.54) is 21.5 Å². The fourth-order valence-electron chi connectivity index (χ4n) is 8.23. The molecule has 7 aromatic carbocycles. The summed E-state index contributed by atoms with van der Waals surface area (Å²) in [6, 6.07) is 48.4. The summed E-state index contributed by atoms with van der Waals surface area (Å²) in [5.74, 6) is 2.19. The maximum Gasteiger partial charge on any atom is 0.238 e. The quantitative estimate of drug-likeness (QED) is 0.174. The maximum absolute atomic E-state index is 6.53. The number of hydrogen-bond donors (Lipinski definition) is 0. The van der Waals surface area contributed by atoms with Crippen LogP contribution < -0.4 is 4.74 Å². The van der Waals surface area contributed by atoms with Crippen molar-refractivity contribution in [2.24, 2.45) is 0 Å². The summed E-state index contributed by atoms with van der Waals surface area (Å²) in [4.78, 5) is 15.6. The minimum atomic E-state index is 0.514. The molecule has 6 heteroatoms. The van der Waals surface area contributed by atoms with Crippen LogP contribution in [-0.4, -0.2) is 19.5 Å². The normalized spacial score (nSPS) is 12.5. The molecule has 0 aliphatic carbocycles. The fraction of sp³-hybridized carbons (Fsp3) is 0. The zero-order valence-electron chi connectivity index (χ0n) is 27.0. The molecule has 0 fully saturated rings. The predicted octanol–water partition coefficient (Wildman–Crippen LogP) is 11.8. The highest BCUT2D eigenvalue weighted by Crippen LogP contribution is 2.50. The molecule has 0 radical (unpaired) electrons. The van der Waals surface area contributed by atoms with Crippen molar-refractivity contribution in [3.8, 4) is 39.8 Å². The van der Waals surface area contributed by atoms with E-state index in [0.717, 1.165) is 82.9 Å². The number of nitrogens with zero attached hydrogens (tertiary/aromatic N) is 4. The summed E-state index contributed by atoms with van der Waals surface area (Å²) >= 11 is 0. The van der Waals surface area contributed by atoms with Gasteiger partial charge in [-0.05, 0) is 69.6 Å². The zero-order chi connectivity index (χ0) is 33.2. The van der Waals surface area contributed by atoms with Crippen molar-refractivity contribution in [1.82, 2.24) is 19.5 Å². The summed E-state index contributed by atoms with van der Waals surface area (Å²) in [6.07, 6.45) is 1.85. The van der Waals surface area contributed by atoms with E-state index in [-0.39, 0.29) is 0 Å². The second-order valence-electron chi connectivity index (χ2n) is 13.2. The summed E-state index contributed by atoms with van der Waals surface area (Å²) in [7, 11) is 0. The number of aromatic nitrogens is 4. The molecule has 0 bridgehead atoms. The van der Waals surface area contributed by atoms with Crippen LogP contribution in [0.3, 0.4) is 0 Å². The first-order valence-corrected chi connectivity index (χ1v) is 17.0. The summed E-state index contributed by atoms with van der Waals surface area (Å²) in [5.41, 5.74) is 8.06. The minimum Gasteiger partial charge on any atom is -0.456 e. The summed E-state index contributed by atoms with van der Waals surface area (Å²) in [6.45, 7) is 0. The number of ether oxygens (including phenoxy) is 1. The Morgan fingerprint density at radius 2 is 1.31 bits per heavy atom. The maximum atomic E-state index is 6.53. The molecule has 0 saturated carbocycles. The smallest absolute Gasteiger partial charge is 0.238 e. The van der Waals surface area contributed by atoms with Crippen molar-refractivity contribution in [3.05, 3.63) is 146 Å². The molecule has 51 heavy (non-hydrogen) atoms. The minimum absolute atomic E-state index is 0.514. The Morgan fingerprint density at radius 3 is 2.27 bits per heavy atom. The third kappa shape index (κ3) is 3.63. The first-order chi connectivity index (χ1) is 25.3. The highest BCUT2D eigenvalue weighted by molar-refractivity contribution is 6.23. The van der Waals surface area contributed by atoms with Gasteiger partial charge < -0.3 is 9.15 Å². The average molecular weight is 653 g/mol. The van der Waals surface area contributed by atoms with Gasteiger partial charge in [0.2, 0.25) is 11.7 Å². The lowest BCUT2D eigenvalue weighted by molar-refractivity contribution is 0.487. The SMILES string of the molecule is c1ccc2c(c1)Oc1cccc3c1c-2cc1c2ncccc2n(-c2nc(-c4ccc5ccc6ccccc6c5c4)c4c(n2)oc2ccccc24)c31. The van der Waals surface area contributed by atoms with Crippen molar-refractivity contribution in [1.29, 1.82) is 0 Å². The number of hydrogen-bond acceptors (Lipinski definition) is 5. The predicted molar refractivity (Wildman–Crippen MR) is 205 cm³/mol. The van der Waals surface area contributed by atoms with Crippen molar-refractivity contribution < 1.29 is 9.15 Å². The second kappa shape index (κ2) is 9.77. The average Bonchev–Trinajstić information content (AvgIpc) is 3.73. The number of fused-ring (bicyclic) bond motifs is 12. The molecular formula is C45H24N4O2. The molecule has 1 aliphatic rings. The molecule has 0 saturated heterocycles. The van der Waals surface area contributed by atoms with Crippen molar-refractivity contribution >= 4 is 76.3 Å². The monoisotopic (exact) mass is 652 g/mol. The number of furan rings is 1. The van der Waals surface area contributed by atoms with E-state index in [2.05, 4.69) is 102 Å². The number of pyridine rings is 1. The summed E-state index contributed by atoms with van der Waals surface area (Å²) < 4.78 is 15.2. The van der Waals surface area contributed by atoms with Crippen LogP contribution in [0.2, 0.25) is 0 Å². The Morgan fingerprint density at radius 1 is 0.529 bits per heavy atom. The first-order valence-electron chi connectivity index (χ1n) is 17.0. The molecule has 0 unspecified atom stereocenters. The lowest BCUT2D eigenvalue weighted by atomic mass is 9.93. The van der Waals surface area contributed by atoms with Crippen molar-refractivity contribution in [2.45, 2.75) is 0 Å². The van der Waals surface area contributed by atoms with Crippen LogP contribution >= 0.6 is 0 Å². The summed E-state index contributed by atoms with van der Waals surface area (Å²) in [5, 5.41) is 9.75. The van der Waals surface area contributed by atoms with Gasteiger partial charge in [0.1, 0.15) is 17.1 Å². The molecular weight excluding hydrogens is 629 g/mol. The van der Waals surface area contributed by atoms with E-state index in [1.54, 1.807) is 0 Å². The Balaban J connectivity index is 1.22. The molecule has 4 aromatic heterocycles. The van der Waals surface area contributed by atoms with Crippen molar-refractivity contribution in [2.75, 3.05) is 0 Å². The van der Waals surface area contributed by atoms with Crippen LogP contribution in [-0.2, 0) is 0 Å². The van der Waals surface area contributed by atoms with Gasteiger partial charge in [-0.3, -0.25) is 9.55 Å². The van der Waals surface area contributed by atoms with E-state index >= 15 is 0 Å².